The first-order valence-electron chi connectivity index (χ1n) is 7.55. The number of hydrogen-bond donors (Lipinski definition) is 1. The van der Waals surface area contributed by atoms with E-state index in [1.54, 1.807) is 24.3 Å². The summed E-state index contributed by atoms with van der Waals surface area (Å²) in [7, 11) is 0. The molecule has 0 radical (unpaired) electrons. The van der Waals surface area contributed by atoms with Crippen molar-refractivity contribution in [2.24, 2.45) is 0 Å². The molecule has 2 aromatic rings. The van der Waals surface area contributed by atoms with E-state index in [9.17, 15) is 10.0 Å². The van der Waals surface area contributed by atoms with Crippen molar-refractivity contribution in [2.75, 3.05) is 18.5 Å². The number of carbonyl (C=O) groups is 1. The van der Waals surface area contributed by atoms with Gasteiger partial charge in [-0.2, -0.15) is 4.73 Å². The van der Waals surface area contributed by atoms with Gasteiger partial charge in [-0.05, 0) is 31.0 Å². The van der Waals surface area contributed by atoms with Crippen LogP contribution in [0.15, 0.2) is 48.8 Å². The Balaban J connectivity index is 1.61. The highest BCUT2D eigenvalue weighted by atomic mass is 16.5. The highest BCUT2D eigenvalue weighted by molar-refractivity contribution is 6.03. The molecule has 23 heavy (non-hydrogen) atoms. The van der Waals surface area contributed by atoms with Gasteiger partial charge in [-0.25, -0.2) is 0 Å². The van der Waals surface area contributed by atoms with Crippen LogP contribution in [0.4, 0.5) is 5.69 Å². The van der Waals surface area contributed by atoms with Gasteiger partial charge < -0.3 is 20.0 Å². The Bertz CT molecular complexity index is 684. The molecule has 2 heterocycles. The molecule has 1 atom stereocenters. The van der Waals surface area contributed by atoms with Crippen LogP contribution in [0.2, 0.25) is 0 Å². The minimum atomic E-state index is -0.341. The highest BCUT2D eigenvalue weighted by Crippen LogP contribution is 2.20. The smallest absolute Gasteiger partial charge is 0.261 e. The van der Waals surface area contributed by atoms with Crippen molar-refractivity contribution in [1.82, 2.24) is 0 Å². The standard InChI is InChI=1S/C17H18N2O4/c20-17(13-4-2-8-19(21)11-13)18-14-5-1-6-15(10-14)23-12-16-7-3-9-22-16/h1-2,4-6,8,10-11,16H,3,7,9,12H2,(H,18,20)/t16-/m1/s1. The van der Waals surface area contributed by atoms with Gasteiger partial charge >= 0.3 is 0 Å². The molecule has 1 amide bonds. The second-order valence-corrected chi connectivity index (χ2v) is 5.38. The summed E-state index contributed by atoms with van der Waals surface area (Å²) in [5.74, 6) is 0.330. The van der Waals surface area contributed by atoms with Gasteiger partial charge in [0.1, 0.15) is 17.9 Å². The molecule has 0 spiro atoms. The number of carbonyl (C=O) groups excluding carboxylic acids is 1. The van der Waals surface area contributed by atoms with Gasteiger partial charge in [0.2, 0.25) is 0 Å². The lowest BCUT2D eigenvalue weighted by molar-refractivity contribution is -0.605. The van der Waals surface area contributed by atoms with Crippen molar-refractivity contribution in [3.8, 4) is 5.75 Å². The van der Waals surface area contributed by atoms with Crippen molar-refractivity contribution < 1.29 is 19.0 Å². The Hall–Kier alpha value is -2.60. The van der Waals surface area contributed by atoms with Gasteiger partial charge in [-0.15, -0.1) is 0 Å². The molecule has 0 saturated carbocycles. The fourth-order valence-corrected chi connectivity index (χ4v) is 2.42. The van der Waals surface area contributed by atoms with Gasteiger partial charge in [0, 0.05) is 24.4 Å². The van der Waals surface area contributed by atoms with Gasteiger partial charge in [-0.1, -0.05) is 6.07 Å². The number of anilines is 1. The van der Waals surface area contributed by atoms with Gasteiger partial charge in [0.15, 0.2) is 12.4 Å². The first kappa shape index (κ1) is 15.3. The van der Waals surface area contributed by atoms with E-state index in [1.807, 2.05) is 6.07 Å². The number of ether oxygens (including phenoxy) is 2. The van der Waals surface area contributed by atoms with Crippen molar-refractivity contribution >= 4 is 11.6 Å². The van der Waals surface area contributed by atoms with Crippen LogP contribution in [0.1, 0.15) is 23.2 Å². The van der Waals surface area contributed by atoms with Crippen molar-refractivity contribution in [1.29, 1.82) is 0 Å². The van der Waals surface area contributed by atoms with Crippen LogP contribution in [0.5, 0.6) is 5.75 Å². The first-order chi connectivity index (χ1) is 11.2. The van der Waals surface area contributed by atoms with Crippen molar-refractivity contribution in [3.63, 3.8) is 0 Å². The summed E-state index contributed by atoms with van der Waals surface area (Å²) in [5.41, 5.74) is 0.911. The third-order valence-corrected chi connectivity index (χ3v) is 3.59. The van der Waals surface area contributed by atoms with Crippen LogP contribution in [0.3, 0.4) is 0 Å². The fraction of sp³-hybridized carbons (Fsp3) is 0.294. The molecule has 1 aliphatic heterocycles. The second kappa shape index (κ2) is 7.11. The zero-order chi connectivity index (χ0) is 16.1. The SMILES string of the molecule is O=C(Nc1cccc(OC[C@H]2CCCO2)c1)c1ccc[n+]([O-])c1. The number of nitrogens with one attached hydrogen (secondary N) is 1. The Morgan fingerprint density at radius 2 is 2.30 bits per heavy atom. The molecule has 1 saturated heterocycles. The van der Waals surface area contributed by atoms with Gasteiger partial charge in [-0.3, -0.25) is 4.79 Å². The molecular weight excluding hydrogens is 296 g/mol. The summed E-state index contributed by atoms with van der Waals surface area (Å²) in [4.78, 5) is 12.1. The third kappa shape index (κ3) is 4.20. The number of pyridine rings is 1. The first-order valence-corrected chi connectivity index (χ1v) is 7.55. The van der Waals surface area contributed by atoms with Crippen LogP contribution in [0, 0.1) is 5.21 Å². The number of hydrogen-bond acceptors (Lipinski definition) is 4. The molecule has 0 bridgehead atoms. The zero-order valence-electron chi connectivity index (χ0n) is 12.6. The minimum Gasteiger partial charge on any atom is -0.619 e. The molecule has 0 aliphatic carbocycles. The maximum Gasteiger partial charge on any atom is 0.261 e. The maximum absolute atomic E-state index is 12.1. The zero-order valence-corrected chi connectivity index (χ0v) is 12.6. The lowest BCUT2D eigenvalue weighted by Gasteiger charge is -2.12. The quantitative estimate of drug-likeness (QED) is 0.678. The van der Waals surface area contributed by atoms with E-state index in [4.69, 9.17) is 9.47 Å². The molecule has 1 aliphatic rings. The molecule has 6 heteroatoms. The Labute approximate surface area is 134 Å². The molecule has 6 nitrogen and oxygen atoms in total. The summed E-state index contributed by atoms with van der Waals surface area (Å²) >= 11 is 0. The van der Waals surface area contributed by atoms with Crippen LogP contribution < -0.4 is 14.8 Å². The lowest BCUT2D eigenvalue weighted by atomic mass is 10.2. The molecule has 0 unspecified atom stereocenters. The predicted octanol–water partition coefficient (Wildman–Crippen LogP) is 2.13. The lowest BCUT2D eigenvalue weighted by Crippen LogP contribution is -2.27. The summed E-state index contributed by atoms with van der Waals surface area (Å²) < 4.78 is 11.8. The van der Waals surface area contributed by atoms with Crippen molar-refractivity contribution in [2.45, 2.75) is 18.9 Å². The monoisotopic (exact) mass is 314 g/mol. The number of rotatable bonds is 5. The van der Waals surface area contributed by atoms with Gasteiger partial charge in [0.25, 0.3) is 5.91 Å². The average molecular weight is 314 g/mol. The van der Waals surface area contributed by atoms with E-state index in [2.05, 4.69) is 5.32 Å². The molecule has 1 aromatic carbocycles. The molecule has 1 aromatic heterocycles. The van der Waals surface area contributed by atoms with Crippen LogP contribution >= 0.6 is 0 Å². The normalized spacial score (nSPS) is 17.0. The van der Waals surface area contributed by atoms with E-state index in [1.165, 1.54) is 18.5 Å². The second-order valence-electron chi connectivity index (χ2n) is 5.38. The van der Waals surface area contributed by atoms with E-state index in [-0.39, 0.29) is 12.0 Å². The Morgan fingerprint density at radius 3 is 3.09 bits per heavy atom. The molecule has 3 rings (SSSR count). The number of amides is 1. The maximum atomic E-state index is 12.1. The number of nitrogens with zero attached hydrogens (tertiary/aromatic N) is 1. The molecule has 120 valence electrons. The highest BCUT2D eigenvalue weighted by Gasteiger charge is 2.16. The largest absolute Gasteiger partial charge is 0.619 e. The number of benzene rings is 1. The Kier molecular flexibility index (Phi) is 4.73. The van der Waals surface area contributed by atoms with Crippen LogP contribution in [0.25, 0.3) is 0 Å². The fourth-order valence-electron chi connectivity index (χ4n) is 2.42. The van der Waals surface area contributed by atoms with E-state index in [0.717, 1.165) is 19.4 Å². The molecule has 1 N–H and O–H groups in total. The Morgan fingerprint density at radius 1 is 1.39 bits per heavy atom. The summed E-state index contributed by atoms with van der Waals surface area (Å²) in [6, 6.07) is 10.3. The predicted molar refractivity (Wildman–Crippen MR) is 84.3 cm³/mol. The molecular formula is C17H18N2O4. The summed E-state index contributed by atoms with van der Waals surface area (Å²) in [6.45, 7) is 1.30. The number of aromatic nitrogens is 1. The summed E-state index contributed by atoms with van der Waals surface area (Å²) in [5, 5.41) is 14.0. The molecule has 1 fully saturated rings. The van der Waals surface area contributed by atoms with Crippen molar-refractivity contribution in [3.05, 3.63) is 59.6 Å². The van der Waals surface area contributed by atoms with Gasteiger partial charge in [0.05, 0.1) is 6.10 Å². The average Bonchev–Trinajstić information content (AvgIpc) is 3.07. The third-order valence-electron chi connectivity index (χ3n) is 3.59. The van der Waals surface area contributed by atoms with E-state index < -0.39 is 0 Å². The van der Waals surface area contributed by atoms with Crippen LogP contribution in [-0.4, -0.2) is 25.2 Å². The van der Waals surface area contributed by atoms with E-state index in [0.29, 0.717) is 28.3 Å². The van der Waals surface area contributed by atoms with Crippen LogP contribution in [-0.2, 0) is 4.74 Å². The van der Waals surface area contributed by atoms with E-state index >= 15 is 0 Å². The minimum absolute atomic E-state index is 0.144. The summed E-state index contributed by atoms with van der Waals surface area (Å²) in [6.07, 6.45) is 4.79. The topological polar surface area (TPSA) is 74.5 Å².